The van der Waals surface area contributed by atoms with Crippen molar-refractivity contribution in [1.29, 1.82) is 0 Å². The molecule has 1 atom stereocenters. The summed E-state index contributed by atoms with van der Waals surface area (Å²) in [6, 6.07) is 7.68. The predicted molar refractivity (Wildman–Crippen MR) is 106 cm³/mol. The number of para-hydroxylation sites is 1. The molecule has 4 rings (SSSR count). The Kier molecular flexibility index (Phi) is 5.78. The minimum Gasteiger partial charge on any atom is -0.376 e. The molecule has 6 nitrogen and oxygen atoms in total. The number of carbonyl (C=O) groups is 1. The first-order valence-electron chi connectivity index (χ1n) is 9.74. The summed E-state index contributed by atoms with van der Waals surface area (Å²) in [6.07, 6.45) is 6.51. The molecule has 1 unspecified atom stereocenters. The Morgan fingerprint density at radius 3 is 2.81 bits per heavy atom. The molecule has 1 aliphatic heterocycles. The monoisotopic (exact) mass is 387 g/mol. The fraction of sp³-hybridized carbons (Fsp3) is 0.550. The molecule has 1 aromatic carbocycles. The van der Waals surface area contributed by atoms with Gasteiger partial charge in [-0.15, -0.1) is 0 Å². The molecular formula is C20H25N3O3S. The normalized spacial score (nSPS) is 20.4. The van der Waals surface area contributed by atoms with Gasteiger partial charge in [-0.3, -0.25) is 14.2 Å². The zero-order chi connectivity index (χ0) is 18.6. The maximum Gasteiger partial charge on any atom is 0.262 e. The molecule has 1 amide bonds. The van der Waals surface area contributed by atoms with Crippen LogP contribution in [0.3, 0.4) is 0 Å². The van der Waals surface area contributed by atoms with Gasteiger partial charge >= 0.3 is 0 Å². The Labute approximate surface area is 162 Å². The van der Waals surface area contributed by atoms with Crippen molar-refractivity contribution < 1.29 is 9.53 Å². The fourth-order valence-corrected chi connectivity index (χ4v) is 4.70. The standard InChI is InChI=1S/C20H25N3O3S/c24-18(21-14-6-1-2-7-14)13-27-20-22-17-10-4-3-9-16(17)19(25)23(20)12-15-8-5-11-26-15/h3-4,9-10,14-15H,1-2,5-8,11-13H2,(H,21,24). The third kappa shape index (κ3) is 4.35. The van der Waals surface area contributed by atoms with E-state index in [1.54, 1.807) is 10.6 Å². The van der Waals surface area contributed by atoms with Crippen LogP contribution in [-0.4, -0.2) is 40.0 Å². The summed E-state index contributed by atoms with van der Waals surface area (Å²) < 4.78 is 7.40. The highest BCUT2D eigenvalue weighted by atomic mass is 32.2. The number of fused-ring (bicyclic) bond motifs is 1. The maximum absolute atomic E-state index is 13.0. The minimum absolute atomic E-state index is 0.0120. The van der Waals surface area contributed by atoms with Gasteiger partial charge in [0.1, 0.15) is 0 Å². The number of ether oxygens (including phenoxy) is 1. The van der Waals surface area contributed by atoms with Gasteiger partial charge in [0, 0.05) is 12.6 Å². The third-order valence-corrected chi connectivity index (χ3v) is 6.27. The molecule has 1 aliphatic carbocycles. The fourth-order valence-electron chi connectivity index (χ4n) is 3.88. The number of benzene rings is 1. The van der Waals surface area contributed by atoms with Crippen LogP contribution in [0.25, 0.3) is 10.9 Å². The number of carbonyl (C=O) groups excluding carboxylic acids is 1. The van der Waals surface area contributed by atoms with Gasteiger partial charge in [0.15, 0.2) is 5.16 Å². The smallest absolute Gasteiger partial charge is 0.262 e. The first-order chi connectivity index (χ1) is 13.2. The molecule has 0 spiro atoms. The molecule has 1 saturated carbocycles. The summed E-state index contributed by atoms with van der Waals surface area (Å²) >= 11 is 1.34. The predicted octanol–water partition coefficient (Wildman–Crippen LogP) is 2.73. The second kappa shape index (κ2) is 8.44. The molecule has 7 heteroatoms. The van der Waals surface area contributed by atoms with Crippen molar-refractivity contribution in [1.82, 2.24) is 14.9 Å². The number of nitrogens with zero attached hydrogens (tertiary/aromatic N) is 2. The van der Waals surface area contributed by atoms with E-state index in [1.807, 2.05) is 18.2 Å². The van der Waals surface area contributed by atoms with E-state index in [0.717, 1.165) is 32.3 Å². The average molecular weight is 388 g/mol. The van der Waals surface area contributed by atoms with Crippen molar-refractivity contribution in [3.8, 4) is 0 Å². The maximum atomic E-state index is 13.0. The van der Waals surface area contributed by atoms with E-state index >= 15 is 0 Å². The van der Waals surface area contributed by atoms with Crippen molar-refractivity contribution in [2.75, 3.05) is 12.4 Å². The van der Waals surface area contributed by atoms with Gasteiger partial charge in [0.2, 0.25) is 5.91 Å². The van der Waals surface area contributed by atoms with E-state index in [9.17, 15) is 9.59 Å². The SMILES string of the molecule is O=C(CSc1nc2ccccc2c(=O)n1CC1CCCO1)NC1CCCC1. The summed E-state index contributed by atoms with van der Waals surface area (Å²) in [7, 11) is 0. The van der Waals surface area contributed by atoms with Crippen LogP contribution in [0, 0.1) is 0 Å². The van der Waals surface area contributed by atoms with Crippen molar-refractivity contribution >= 4 is 28.6 Å². The molecule has 2 aromatic rings. The summed E-state index contributed by atoms with van der Waals surface area (Å²) in [6.45, 7) is 1.23. The van der Waals surface area contributed by atoms with Gasteiger partial charge in [0.05, 0.1) is 29.3 Å². The van der Waals surface area contributed by atoms with E-state index in [4.69, 9.17) is 4.74 Å². The lowest BCUT2D eigenvalue weighted by Gasteiger charge is -2.17. The number of amides is 1. The Bertz CT molecular complexity index is 870. The second-order valence-corrected chi connectivity index (χ2v) is 8.24. The van der Waals surface area contributed by atoms with Crippen LogP contribution in [0.2, 0.25) is 0 Å². The zero-order valence-corrected chi connectivity index (χ0v) is 16.2. The van der Waals surface area contributed by atoms with Crippen LogP contribution in [0.1, 0.15) is 38.5 Å². The molecular weight excluding hydrogens is 362 g/mol. The van der Waals surface area contributed by atoms with Crippen molar-refractivity contribution in [2.45, 2.75) is 62.4 Å². The lowest BCUT2D eigenvalue weighted by Crippen LogP contribution is -2.34. The Balaban J connectivity index is 1.55. The average Bonchev–Trinajstić information content (AvgIpc) is 3.37. The molecule has 0 bridgehead atoms. The van der Waals surface area contributed by atoms with Gasteiger partial charge in [-0.2, -0.15) is 0 Å². The van der Waals surface area contributed by atoms with Gasteiger partial charge in [-0.1, -0.05) is 36.7 Å². The molecule has 1 N–H and O–H groups in total. The van der Waals surface area contributed by atoms with E-state index < -0.39 is 0 Å². The molecule has 27 heavy (non-hydrogen) atoms. The van der Waals surface area contributed by atoms with E-state index in [0.29, 0.717) is 28.6 Å². The van der Waals surface area contributed by atoms with Crippen LogP contribution in [0.4, 0.5) is 0 Å². The lowest BCUT2D eigenvalue weighted by atomic mass is 10.2. The van der Waals surface area contributed by atoms with E-state index in [-0.39, 0.29) is 23.3 Å². The summed E-state index contributed by atoms with van der Waals surface area (Å²) in [4.78, 5) is 30.0. The lowest BCUT2D eigenvalue weighted by molar-refractivity contribution is -0.119. The molecule has 1 aromatic heterocycles. The number of thioether (sulfide) groups is 1. The second-order valence-electron chi connectivity index (χ2n) is 7.30. The Morgan fingerprint density at radius 2 is 2.04 bits per heavy atom. The number of hydrogen-bond acceptors (Lipinski definition) is 5. The summed E-state index contributed by atoms with van der Waals surface area (Å²) in [5.41, 5.74) is 0.611. The van der Waals surface area contributed by atoms with Gasteiger partial charge in [-0.25, -0.2) is 4.98 Å². The van der Waals surface area contributed by atoms with Crippen molar-refractivity contribution in [3.63, 3.8) is 0 Å². The largest absolute Gasteiger partial charge is 0.376 e. The quantitative estimate of drug-likeness (QED) is 0.609. The summed E-state index contributed by atoms with van der Waals surface area (Å²) in [5, 5.41) is 4.29. The number of rotatable bonds is 6. The molecule has 1 saturated heterocycles. The molecule has 144 valence electrons. The van der Waals surface area contributed by atoms with Crippen LogP contribution in [0.15, 0.2) is 34.2 Å². The van der Waals surface area contributed by atoms with Crippen molar-refractivity contribution in [3.05, 3.63) is 34.6 Å². The number of hydrogen-bond donors (Lipinski definition) is 1. The highest BCUT2D eigenvalue weighted by Gasteiger charge is 2.21. The van der Waals surface area contributed by atoms with Crippen LogP contribution >= 0.6 is 11.8 Å². The molecule has 2 fully saturated rings. The van der Waals surface area contributed by atoms with E-state index in [1.165, 1.54) is 24.6 Å². The first kappa shape index (κ1) is 18.5. The topological polar surface area (TPSA) is 73.2 Å². The van der Waals surface area contributed by atoms with Crippen molar-refractivity contribution in [2.24, 2.45) is 0 Å². The third-order valence-electron chi connectivity index (χ3n) is 5.29. The van der Waals surface area contributed by atoms with Gasteiger partial charge < -0.3 is 10.1 Å². The molecule has 2 heterocycles. The van der Waals surface area contributed by atoms with Gasteiger partial charge in [-0.05, 0) is 37.8 Å². The van der Waals surface area contributed by atoms with Crippen LogP contribution in [-0.2, 0) is 16.1 Å². The number of aromatic nitrogens is 2. The minimum atomic E-state index is -0.0604. The first-order valence-corrected chi connectivity index (χ1v) is 10.7. The highest BCUT2D eigenvalue weighted by molar-refractivity contribution is 7.99. The zero-order valence-electron chi connectivity index (χ0n) is 15.4. The van der Waals surface area contributed by atoms with Crippen LogP contribution in [0.5, 0.6) is 0 Å². The molecule has 0 radical (unpaired) electrons. The molecule has 2 aliphatic rings. The highest BCUT2D eigenvalue weighted by Crippen LogP contribution is 2.22. The Hall–Kier alpha value is -1.86. The summed E-state index contributed by atoms with van der Waals surface area (Å²) in [5.74, 6) is 0.283. The van der Waals surface area contributed by atoms with E-state index in [2.05, 4.69) is 10.3 Å². The van der Waals surface area contributed by atoms with Gasteiger partial charge in [0.25, 0.3) is 5.56 Å². The Morgan fingerprint density at radius 1 is 1.22 bits per heavy atom. The number of nitrogens with one attached hydrogen (secondary N) is 1. The van der Waals surface area contributed by atoms with Crippen LogP contribution < -0.4 is 10.9 Å².